The molecule has 1 saturated carbocycles. The molecule has 1 aromatic heterocycles. The molecule has 0 saturated heterocycles. The maximum absolute atomic E-state index is 6.14. The van der Waals surface area contributed by atoms with Gasteiger partial charge < -0.3 is 5.73 Å². The van der Waals surface area contributed by atoms with Gasteiger partial charge in [0, 0.05) is 25.0 Å². The number of aromatic nitrogens is 1. The number of nitrogens with zero attached hydrogens (tertiary/aromatic N) is 2. The van der Waals surface area contributed by atoms with Crippen LogP contribution >= 0.6 is 0 Å². The highest BCUT2D eigenvalue weighted by Gasteiger charge is 2.26. The zero-order valence-electron chi connectivity index (χ0n) is 10.8. The molecule has 3 heteroatoms. The van der Waals surface area contributed by atoms with Crippen LogP contribution in [0, 0.1) is 5.92 Å². The van der Waals surface area contributed by atoms with Crippen LogP contribution in [0.5, 0.6) is 0 Å². The first-order valence-corrected chi connectivity index (χ1v) is 6.54. The van der Waals surface area contributed by atoms with Crippen molar-refractivity contribution in [2.75, 3.05) is 13.6 Å². The van der Waals surface area contributed by atoms with Gasteiger partial charge in [-0.2, -0.15) is 0 Å². The molecule has 1 aliphatic carbocycles. The number of rotatable bonds is 5. The summed E-state index contributed by atoms with van der Waals surface area (Å²) < 4.78 is 0. The summed E-state index contributed by atoms with van der Waals surface area (Å²) in [5.74, 6) is 0.873. The average molecular weight is 233 g/mol. The molecular formula is C14H23N3. The van der Waals surface area contributed by atoms with E-state index in [4.69, 9.17) is 5.73 Å². The highest BCUT2D eigenvalue weighted by molar-refractivity contribution is 5.15. The van der Waals surface area contributed by atoms with Gasteiger partial charge in [-0.1, -0.05) is 12.5 Å². The van der Waals surface area contributed by atoms with Gasteiger partial charge >= 0.3 is 0 Å². The summed E-state index contributed by atoms with van der Waals surface area (Å²) in [6, 6.07) is 4.52. The summed E-state index contributed by atoms with van der Waals surface area (Å²) in [6.45, 7) is 3.23. The van der Waals surface area contributed by atoms with Crippen LogP contribution in [0.3, 0.4) is 0 Å². The molecule has 0 radical (unpaired) electrons. The minimum atomic E-state index is 0.129. The van der Waals surface area contributed by atoms with Crippen LogP contribution in [0.1, 0.15) is 37.8 Å². The normalized spacial score (nSPS) is 20.0. The fourth-order valence-corrected chi connectivity index (χ4v) is 2.71. The maximum Gasteiger partial charge on any atom is 0.0509 e. The van der Waals surface area contributed by atoms with E-state index in [0.717, 1.165) is 12.5 Å². The van der Waals surface area contributed by atoms with Crippen molar-refractivity contribution in [1.82, 2.24) is 9.88 Å². The lowest BCUT2D eigenvalue weighted by molar-refractivity contribution is 0.148. The van der Waals surface area contributed by atoms with E-state index >= 15 is 0 Å². The summed E-state index contributed by atoms with van der Waals surface area (Å²) >= 11 is 0. The van der Waals surface area contributed by atoms with Crippen LogP contribution in [0.15, 0.2) is 24.5 Å². The molecule has 2 atom stereocenters. The van der Waals surface area contributed by atoms with Gasteiger partial charge in [0.2, 0.25) is 0 Å². The van der Waals surface area contributed by atoms with Crippen molar-refractivity contribution in [2.24, 2.45) is 11.7 Å². The first-order chi connectivity index (χ1) is 8.18. The second-order valence-corrected chi connectivity index (χ2v) is 5.33. The van der Waals surface area contributed by atoms with E-state index in [-0.39, 0.29) is 12.1 Å². The van der Waals surface area contributed by atoms with Crippen LogP contribution in [-0.2, 0) is 0 Å². The topological polar surface area (TPSA) is 42.1 Å². The minimum Gasteiger partial charge on any atom is -0.326 e. The fraction of sp³-hybridized carbons (Fsp3) is 0.643. The molecule has 2 N–H and O–H groups in total. The highest BCUT2D eigenvalue weighted by atomic mass is 15.1. The lowest BCUT2D eigenvalue weighted by Crippen LogP contribution is -2.40. The molecule has 0 aromatic carbocycles. The predicted molar refractivity (Wildman–Crippen MR) is 70.6 cm³/mol. The van der Waals surface area contributed by atoms with Gasteiger partial charge in [-0.15, -0.1) is 0 Å². The van der Waals surface area contributed by atoms with E-state index < -0.39 is 0 Å². The second kappa shape index (κ2) is 5.61. The number of likely N-dealkylation sites (N-methyl/N-ethyl adjacent to an activating group) is 1. The minimum absolute atomic E-state index is 0.129. The Bertz CT molecular complexity index is 333. The number of nitrogens with two attached hydrogens (primary N) is 1. The standard InChI is InChI=1S/C14H23N3/c1-11(15)14(13-7-4-8-16-9-13)17(2)10-12-5-3-6-12/h4,7-9,11-12,14H,3,5-6,10,15H2,1-2H3. The van der Waals surface area contributed by atoms with Gasteiger partial charge in [-0.3, -0.25) is 9.88 Å². The third-order valence-corrected chi connectivity index (χ3v) is 3.77. The van der Waals surface area contributed by atoms with Gasteiger partial charge in [0.15, 0.2) is 0 Å². The zero-order chi connectivity index (χ0) is 12.3. The average Bonchev–Trinajstić information content (AvgIpc) is 2.25. The molecule has 1 fully saturated rings. The number of hydrogen-bond acceptors (Lipinski definition) is 3. The lowest BCUT2D eigenvalue weighted by Gasteiger charge is -2.36. The summed E-state index contributed by atoms with van der Waals surface area (Å²) in [7, 11) is 2.18. The van der Waals surface area contributed by atoms with Gasteiger partial charge in [-0.05, 0) is 44.4 Å². The largest absolute Gasteiger partial charge is 0.326 e. The van der Waals surface area contributed by atoms with Gasteiger partial charge in [0.25, 0.3) is 0 Å². The Morgan fingerprint density at radius 2 is 2.29 bits per heavy atom. The van der Waals surface area contributed by atoms with Crippen molar-refractivity contribution in [3.8, 4) is 0 Å². The van der Waals surface area contributed by atoms with Crippen molar-refractivity contribution >= 4 is 0 Å². The third-order valence-electron chi connectivity index (χ3n) is 3.77. The molecule has 94 valence electrons. The summed E-state index contributed by atoms with van der Waals surface area (Å²) in [5, 5.41) is 0. The first-order valence-electron chi connectivity index (χ1n) is 6.54. The Kier molecular flexibility index (Phi) is 4.13. The summed E-state index contributed by atoms with van der Waals surface area (Å²) in [4.78, 5) is 6.60. The molecule has 0 amide bonds. The molecule has 1 aromatic rings. The van der Waals surface area contributed by atoms with Crippen LogP contribution in [0.4, 0.5) is 0 Å². The van der Waals surface area contributed by atoms with E-state index in [1.165, 1.54) is 24.8 Å². The molecular weight excluding hydrogens is 210 g/mol. The van der Waals surface area contributed by atoms with Crippen LogP contribution in [0.2, 0.25) is 0 Å². The van der Waals surface area contributed by atoms with Crippen molar-refractivity contribution in [3.05, 3.63) is 30.1 Å². The van der Waals surface area contributed by atoms with E-state index in [1.807, 2.05) is 18.5 Å². The smallest absolute Gasteiger partial charge is 0.0509 e. The fourth-order valence-electron chi connectivity index (χ4n) is 2.71. The molecule has 1 aliphatic rings. The lowest BCUT2D eigenvalue weighted by atomic mass is 9.84. The van der Waals surface area contributed by atoms with E-state index in [9.17, 15) is 0 Å². The molecule has 0 spiro atoms. The van der Waals surface area contributed by atoms with E-state index in [2.05, 4.69) is 29.9 Å². The quantitative estimate of drug-likeness (QED) is 0.847. The highest BCUT2D eigenvalue weighted by Crippen LogP contribution is 2.30. The Hall–Kier alpha value is -0.930. The number of pyridine rings is 1. The Morgan fingerprint density at radius 3 is 2.76 bits per heavy atom. The maximum atomic E-state index is 6.14. The Labute approximate surface area is 104 Å². The number of hydrogen-bond donors (Lipinski definition) is 1. The van der Waals surface area contributed by atoms with E-state index in [0.29, 0.717) is 0 Å². The SMILES string of the molecule is CC(N)C(c1cccnc1)N(C)CC1CCC1. The summed E-state index contributed by atoms with van der Waals surface area (Å²) in [5.41, 5.74) is 7.36. The predicted octanol–water partition coefficient (Wildman–Crippen LogP) is 2.20. The molecule has 0 aliphatic heterocycles. The van der Waals surface area contributed by atoms with Crippen molar-refractivity contribution in [3.63, 3.8) is 0 Å². The molecule has 3 nitrogen and oxygen atoms in total. The second-order valence-electron chi connectivity index (χ2n) is 5.33. The van der Waals surface area contributed by atoms with Crippen LogP contribution in [-0.4, -0.2) is 29.5 Å². The molecule has 2 unspecified atom stereocenters. The Balaban J connectivity index is 2.05. The Morgan fingerprint density at radius 1 is 1.53 bits per heavy atom. The molecule has 2 rings (SSSR count). The van der Waals surface area contributed by atoms with Crippen molar-refractivity contribution in [1.29, 1.82) is 0 Å². The monoisotopic (exact) mass is 233 g/mol. The zero-order valence-corrected chi connectivity index (χ0v) is 10.8. The third kappa shape index (κ3) is 3.05. The molecule has 1 heterocycles. The van der Waals surface area contributed by atoms with Crippen molar-refractivity contribution < 1.29 is 0 Å². The van der Waals surface area contributed by atoms with Gasteiger partial charge in [0.1, 0.15) is 0 Å². The van der Waals surface area contributed by atoms with Gasteiger partial charge in [-0.25, -0.2) is 0 Å². The molecule has 0 bridgehead atoms. The molecule has 17 heavy (non-hydrogen) atoms. The van der Waals surface area contributed by atoms with Crippen LogP contribution < -0.4 is 5.73 Å². The van der Waals surface area contributed by atoms with E-state index in [1.54, 1.807) is 0 Å². The van der Waals surface area contributed by atoms with Crippen LogP contribution in [0.25, 0.3) is 0 Å². The van der Waals surface area contributed by atoms with Gasteiger partial charge in [0.05, 0.1) is 6.04 Å². The summed E-state index contributed by atoms with van der Waals surface area (Å²) in [6.07, 6.45) is 7.90. The van der Waals surface area contributed by atoms with Crippen molar-refractivity contribution in [2.45, 2.75) is 38.3 Å². The first kappa shape index (κ1) is 12.5.